The Balaban J connectivity index is 3.02. The van der Waals surface area contributed by atoms with E-state index in [0.29, 0.717) is 16.3 Å². The first-order valence-corrected chi connectivity index (χ1v) is 4.91. The number of rotatable bonds is 2. The van der Waals surface area contributed by atoms with Crippen molar-refractivity contribution in [2.45, 2.75) is 4.90 Å². The molecule has 1 rings (SSSR count). The van der Waals surface area contributed by atoms with Crippen LogP contribution >= 0.6 is 23.4 Å². The molecule has 1 aromatic carbocycles. The lowest BCUT2D eigenvalue weighted by atomic mass is 10.2. The molecule has 0 atom stereocenters. The van der Waals surface area contributed by atoms with Crippen LogP contribution in [0.1, 0.15) is 5.56 Å². The summed E-state index contributed by atoms with van der Waals surface area (Å²) in [6, 6.07) is 7.39. The van der Waals surface area contributed by atoms with Gasteiger partial charge in [0.1, 0.15) is 6.07 Å². The second-order valence-electron chi connectivity index (χ2n) is 2.22. The number of nitrogens with zero attached hydrogens (tertiary/aromatic N) is 1. The molecule has 0 aliphatic heterocycles. The van der Waals surface area contributed by atoms with Crippen LogP contribution in [-0.2, 0) is 0 Å². The molecule has 64 valence electrons. The first kappa shape index (κ1) is 9.99. The molecule has 0 bridgehead atoms. The molecule has 3 heteroatoms. The van der Waals surface area contributed by atoms with Gasteiger partial charge in [-0.1, -0.05) is 23.6 Å². The highest BCUT2D eigenvalue weighted by atomic mass is 35.5. The van der Waals surface area contributed by atoms with E-state index in [4.69, 9.17) is 23.3 Å². The Hall–Kier alpha value is -1.09. The van der Waals surface area contributed by atoms with Crippen LogP contribution in [0.2, 0.25) is 5.02 Å². The number of terminal acetylenes is 1. The van der Waals surface area contributed by atoms with E-state index in [1.807, 2.05) is 12.1 Å². The minimum Gasteiger partial charge on any atom is -0.192 e. The minimum atomic E-state index is 0.476. The zero-order chi connectivity index (χ0) is 9.68. The van der Waals surface area contributed by atoms with Gasteiger partial charge in [-0.3, -0.25) is 0 Å². The molecule has 0 aliphatic carbocycles. The van der Waals surface area contributed by atoms with Gasteiger partial charge in [0, 0.05) is 4.90 Å². The number of halogens is 1. The molecule has 0 saturated carbocycles. The van der Waals surface area contributed by atoms with Crippen molar-refractivity contribution >= 4 is 23.4 Å². The first-order chi connectivity index (χ1) is 6.29. The Kier molecular flexibility index (Phi) is 3.71. The second-order valence-corrected chi connectivity index (χ2v) is 3.64. The maximum Gasteiger partial charge on any atom is 0.102 e. The van der Waals surface area contributed by atoms with Gasteiger partial charge in [-0.05, 0) is 12.1 Å². The average molecular weight is 208 g/mol. The molecular formula is C10H6ClNS. The van der Waals surface area contributed by atoms with Gasteiger partial charge < -0.3 is 0 Å². The van der Waals surface area contributed by atoms with Crippen molar-refractivity contribution in [1.82, 2.24) is 0 Å². The van der Waals surface area contributed by atoms with Crippen LogP contribution in [0.3, 0.4) is 0 Å². The largest absolute Gasteiger partial charge is 0.192 e. The smallest absolute Gasteiger partial charge is 0.102 e. The van der Waals surface area contributed by atoms with Crippen LogP contribution in [0.5, 0.6) is 0 Å². The summed E-state index contributed by atoms with van der Waals surface area (Å²) in [5, 5.41) is 9.28. The lowest BCUT2D eigenvalue weighted by molar-refractivity contribution is 1.37. The first-order valence-electron chi connectivity index (χ1n) is 3.54. The third-order valence-corrected chi connectivity index (χ3v) is 2.68. The molecule has 1 aromatic rings. The Morgan fingerprint density at radius 3 is 2.92 bits per heavy atom. The standard InChI is InChI=1S/C10H6ClNS/c1-2-6-13-10-5-3-4-9(11)8(10)7-12/h1,3-5H,6H2. The van der Waals surface area contributed by atoms with Crippen LogP contribution in [0.4, 0.5) is 0 Å². The maximum atomic E-state index is 8.80. The maximum absolute atomic E-state index is 8.80. The Bertz CT molecular complexity index is 387. The van der Waals surface area contributed by atoms with Crippen molar-refractivity contribution in [3.63, 3.8) is 0 Å². The Morgan fingerprint density at radius 2 is 2.31 bits per heavy atom. The van der Waals surface area contributed by atoms with Crippen molar-refractivity contribution in [2.75, 3.05) is 5.75 Å². The molecule has 0 fully saturated rings. The summed E-state index contributed by atoms with van der Waals surface area (Å²) in [5.74, 6) is 3.05. The summed E-state index contributed by atoms with van der Waals surface area (Å²) in [6.45, 7) is 0. The molecule has 0 aliphatic rings. The molecular weight excluding hydrogens is 202 g/mol. The van der Waals surface area contributed by atoms with Crippen molar-refractivity contribution in [3.8, 4) is 18.4 Å². The fourth-order valence-corrected chi connectivity index (χ4v) is 1.84. The predicted octanol–water partition coefficient (Wildman–Crippen LogP) is 2.94. The monoisotopic (exact) mass is 207 g/mol. The molecule has 0 spiro atoms. The molecule has 0 aromatic heterocycles. The number of hydrogen-bond acceptors (Lipinski definition) is 2. The van der Waals surface area contributed by atoms with Gasteiger partial charge in [-0.25, -0.2) is 0 Å². The van der Waals surface area contributed by atoms with Gasteiger partial charge in [0.05, 0.1) is 16.3 Å². The number of thioether (sulfide) groups is 1. The van der Waals surface area contributed by atoms with Crippen molar-refractivity contribution in [2.24, 2.45) is 0 Å². The van der Waals surface area contributed by atoms with Gasteiger partial charge in [0.2, 0.25) is 0 Å². The lowest BCUT2D eigenvalue weighted by Crippen LogP contribution is -1.83. The number of nitriles is 1. The second kappa shape index (κ2) is 4.82. The number of benzene rings is 1. The van der Waals surface area contributed by atoms with E-state index in [1.54, 1.807) is 6.07 Å². The molecule has 0 unspecified atom stereocenters. The molecule has 0 heterocycles. The van der Waals surface area contributed by atoms with E-state index in [9.17, 15) is 0 Å². The van der Waals surface area contributed by atoms with Gasteiger partial charge in [-0.15, -0.1) is 18.2 Å². The molecule has 0 radical (unpaired) electrons. The fourth-order valence-electron chi connectivity index (χ4n) is 0.853. The van der Waals surface area contributed by atoms with Gasteiger partial charge in [0.25, 0.3) is 0 Å². The van der Waals surface area contributed by atoms with E-state index in [-0.39, 0.29) is 0 Å². The minimum absolute atomic E-state index is 0.476. The van der Waals surface area contributed by atoms with Crippen LogP contribution in [-0.4, -0.2) is 5.75 Å². The topological polar surface area (TPSA) is 23.8 Å². The summed E-state index contributed by atoms with van der Waals surface area (Å²) in [4.78, 5) is 0.841. The number of hydrogen-bond donors (Lipinski definition) is 0. The normalized spacial score (nSPS) is 8.85. The summed E-state index contributed by atoms with van der Waals surface area (Å²) in [6.07, 6.45) is 5.12. The molecule has 1 nitrogen and oxygen atoms in total. The van der Waals surface area contributed by atoms with E-state index >= 15 is 0 Å². The van der Waals surface area contributed by atoms with E-state index in [1.165, 1.54) is 11.8 Å². The zero-order valence-electron chi connectivity index (χ0n) is 6.75. The fraction of sp³-hybridized carbons (Fsp3) is 0.100. The third-order valence-electron chi connectivity index (χ3n) is 1.40. The van der Waals surface area contributed by atoms with Gasteiger partial charge in [-0.2, -0.15) is 5.26 Å². The summed E-state index contributed by atoms with van der Waals surface area (Å²) in [7, 11) is 0. The van der Waals surface area contributed by atoms with Crippen molar-refractivity contribution < 1.29 is 0 Å². The highest BCUT2D eigenvalue weighted by Gasteiger charge is 2.05. The Labute approximate surface area is 86.7 Å². The summed E-state index contributed by atoms with van der Waals surface area (Å²) >= 11 is 7.26. The quantitative estimate of drug-likeness (QED) is 0.550. The van der Waals surface area contributed by atoms with Crippen molar-refractivity contribution in [3.05, 3.63) is 28.8 Å². The summed E-state index contributed by atoms with van der Waals surface area (Å²) < 4.78 is 0. The van der Waals surface area contributed by atoms with Crippen LogP contribution in [0.25, 0.3) is 0 Å². The zero-order valence-corrected chi connectivity index (χ0v) is 8.32. The molecule has 13 heavy (non-hydrogen) atoms. The lowest BCUT2D eigenvalue weighted by Gasteiger charge is -2.01. The van der Waals surface area contributed by atoms with Crippen LogP contribution < -0.4 is 0 Å². The van der Waals surface area contributed by atoms with Crippen LogP contribution in [0, 0.1) is 23.7 Å². The SMILES string of the molecule is C#CCSc1cccc(Cl)c1C#N. The molecule has 0 amide bonds. The third kappa shape index (κ3) is 2.42. The van der Waals surface area contributed by atoms with Crippen molar-refractivity contribution in [1.29, 1.82) is 5.26 Å². The van der Waals surface area contributed by atoms with Gasteiger partial charge in [0.15, 0.2) is 0 Å². The molecule has 0 saturated heterocycles. The predicted molar refractivity (Wildman–Crippen MR) is 55.7 cm³/mol. The molecule has 0 N–H and O–H groups in total. The van der Waals surface area contributed by atoms with Gasteiger partial charge >= 0.3 is 0 Å². The highest BCUT2D eigenvalue weighted by Crippen LogP contribution is 2.27. The van der Waals surface area contributed by atoms with E-state index in [2.05, 4.69) is 12.0 Å². The average Bonchev–Trinajstić information content (AvgIpc) is 2.15. The van der Waals surface area contributed by atoms with Crippen LogP contribution in [0.15, 0.2) is 23.1 Å². The van der Waals surface area contributed by atoms with E-state index in [0.717, 1.165) is 4.90 Å². The Morgan fingerprint density at radius 1 is 1.54 bits per heavy atom. The van der Waals surface area contributed by atoms with E-state index < -0.39 is 0 Å². The summed E-state index contributed by atoms with van der Waals surface area (Å²) in [5.41, 5.74) is 0.504. The highest BCUT2D eigenvalue weighted by molar-refractivity contribution is 7.99.